The van der Waals surface area contributed by atoms with Gasteiger partial charge in [0.05, 0.1) is 5.69 Å². The molecule has 1 atom stereocenters. The summed E-state index contributed by atoms with van der Waals surface area (Å²) in [6.45, 7) is 1.76. The van der Waals surface area contributed by atoms with Crippen molar-refractivity contribution in [1.82, 2.24) is 5.16 Å². The molecule has 0 spiro atoms. The van der Waals surface area contributed by atoms with Crippen LogP contribution in [0.1, 0.15) is 17.7 Å². The molecule has 4 nitrogen and oxygen atoms in total. The number of aliphatic hydroxyl groups is 1. The Bertz CT molecular complexity index is 195. The van der Waals surface area contributed by atoms with Gasteiger partial charge in [0, 0.05) is 6.07 Å². The molecule has 4 heteroatoms. The first-order valence-electron chi connectivity index (χ1n) is 2.57. The summed E-state index contributed by atoms with van der Waals surface area (Å²) >= 11 is 0. The van der Waals surface area contributed by atoms with E-state index < -0.39 is 6.23 Å². The smallest absolute Gasteiger partial charge is 0.180 e. The SMILES string of the molecule is Cc1cc([C@H](N)O)on1. The lowest BCUT2D eigenvalue weighted by Gasteiger charge is -1.93. The van der Waals surface area contributed by atoms with Crippen LogP contribution in [0.25, 0.3) is 0 Å². The van der Waals surface area contributed by atoms with Crippen LogP contribution in [0.4, 0.5) is 0 Å². The van der Waals surface area contributed by atoms with Crippen molar-refractivity contribution in [3.63, 3.8) is 0 Å². The molecule has 1 heterocycles. The Morgan fingerprint density at radius 1 is 1.89 bits per heavy atom. The molecule has 0 fully saturated rings. The van der Waals surface area contributed by atoms with E-state index in [2.05, 4.69) is 9.68 Å². The molecule has 0 bridgehead atoms. The molecule has 0 saturated heterocycles. The number of hydrogen-bond donors (Lipinski definition) is 2. The molecule has 1 aromatic heterocycles. The van der Waals surface area contributed by atoms with E-state index in [1.165, 1.54) is 0 Å². The second-order valence-corrected chi connectivity index (χ2v) is 1.82. The zero-order valence-corrected chi connectivity index (χ0v) is 5.03. The maximum atomic E-state index is 8.68. The summed E-state index contributed by atoms with van der Waals surface area (Å²) in [5.74, 6) is 0.299. The van der Waals surface area contributed by atoms with Gasteiger partial charge in [-0.2, -0.15) is 0 Å². The molecule has 3 N–H and O–H groups in total. The van der Waals surface area contributed by atoms with Crippen LogP contribution >= 0.6 is 0 Å². The van der Waals surface area contributed by atoms with E-state index in [9.17, 15) is 0 Å². The van der Waals surface area contributed by atoms with Gasteiger partial charge in [-0.3, -0.25) is 5.73 Å². The summed E-state index contributed by atoms with van der Waals surface area (Å²) in [6.07, 6.45) is -1.05. The first-order valence-corrected chi connectivity index (χ1v) is 2.57. The highest BCUT2D eigenvalue weighted by Crippen LogP contribution is 2.07. The highest BCUT2D eigenvalue weighted by atomic mass is 16.5. The summed E-state index contributed by atoms with van der Waals surface area (Å²) < 4.78 is 4.60. The van der Waals surface area contributed by atoms with E-state index in [1.54, 1.807) is 13.0 Å². The average molecular weight is 128 g/mol. The van der Waals surface area contributed by atoms with Gasteiger partial charge in [-0.15, -0.1) is 0 Å². The van der Waals surface area contributed by atoms with E-state index in [0.29, 0.717) is 5.76 Å². The predicted octanol–water partition coefficient (Wildman–Crippen LogP) is -0.0674. The summed E-state index contributed by atoms with van der Waals surface area (Å²) in [5.41, 5.74) is 5.77. The van der Waals surface area contributed by atoms with Gasteiger partial charge in [-0.1, -0.05) is 5.16 Å². The second-order valence-electron chi connectivity index (χ2n) is 1.82. The summed E-state index contributed by atoms with van der Waals surface area (Å²) in [4.78, 5) is 0. The quantitative estimate of drug-likeness (QED) is 0.519. The fourth-order valence-electron chi connectivity index (χ4n) is 0.523. The molecular weight excluding hydrogens is 120 g/mol. The number of aliphatic hydroxyl groups excluding tert-OH is 1. The molecule has 50 valence electrons. The van der Waals surface area contributed by atoms with Gasteiger partial charge in [0.1, 0.15) is 0 Å². The van der Waals surface area contributed by atoms with Crippen molar-refractivity contribution in [2.24, 2.45) is 5.73 Å². The van der Waals surface area contributed by atoms with Crippen molar-refractivity contribution >= 4 is 0 Å². The Hall–Kier alpha value is -0.870. The Morgan fingerprint density at radius 2 is 2.56 bits per heavy atom. The fraction of sp³-hybridized carbons (Fsp3) is 0.400. The van der Waals surface area contributed by atoms with Gasteiger partial charge in [0.2, 0.25) is 0 Å². The van der Waals surface area contributed by atoms with E-state index in [1.807, 2.05) is 0 Å². The topological polar surface area (TPSA) is 72.3 Å². The molecule has 1 rings (SSSR count). The average Bonchev–Trinajstić information content (AvgIpc) is 2.14. The first kappa shape index (κ1) is 6.25. The van der Waals surface area contributed by atoms with Crippen LogP contribution in [0.3, 0.4) is 0 Å². The molecular formula is C5H8N2O2. The molecule has 1 aromatic rings. The molecule has 0 aliphatic rings. The van der Waals surface area contributed by atoms with Crippen molar-refractivity contribution in [1.29, 1.82) is 0 Å². The minimum Gasteiger partial charge on any atom is -0.371 e. The molecule has 0 unspecified atom stereocenters. The zero-order valence-electron chi connectivity index (χ0n) is 5.03. The third-order valence-corrected chi connectivity index (χ3v) is 0.938. The Kier molecular flexibility index (Phi) is 1.50. The van der Waals surface area contributed by atoms with Crippen molar-refractivity contribution in [3.05, 3.63) is 17.5 Å². The van der Waals surface area contributed by atoms with Crippen LogP contribution in [0.15, 0.2) is 10.6 Å². The van der Waals surface area contributed by atoms with Gasteiger partial charge in [0.15, 0.2) is 12.0 Å². The summed E-state index contributed by atoms with van der Waals surface area (Å²) in [6, 6.07) is 1.59. The number of rotatable bonds is 1. The molecule has 9 heavy (non-hydrogen) atoms. The van der Waals surface area contributed by atoms with Crippen molar-refractivity contribution < 1.29 is 9.63 Å². The van der Waals surface area contributed by atoms with Gasteiger partial charge >= 0.3 is 0 Å². The molecule has 0 aromatic carbocycles. The second kappa shape index (κ2) is 2.16. The minimum atomic E-state index is -1.05. The lowest BCUT2D eigenvalue weighted by atomic mass is 10.4. The van der Waals surface area contributed by atoms with Crippen molar-refractivity contribution in [3.8, 4) is 0 Å². The monoisotopic (exact) mass is 128 g/mol. The van der Waals surface area contributed by atoms with E-state index in [-0.39, 0.29) is 0 Å². The number of aryl methyl sites for hydroxylation is 1. The Balaban J connectivity index is 2.85. The molecule has 0 aliphatic carbocycles. The van der Waals surface area contributed by atoms with Crippen molar-refractivity contribution in [2.45, 2.75) is 13.2 Å². The minimum absolute atomic E-state index is 0.299. The molecule has 0 saturated carbocycles. The Labute approximate surface area is 52.3 Å². The molecule has 0 amide bonds. The van der Waals surface area contributed by atoms with Crippen LogP contribution in [0.5, 0.6) is 0 Å². The van der Waals surface area contributed by atoms with Crippen LogP contribution in [0, 0.1) is 6.92 Å². The maximum Gasteiger partial charge on any atom is 0.180 e. The summed E-state index contributed by atoms with van der Waals surface area (Å²) in [5, 5.41) is 12.2. The third-order valence-electron chi connectivity index (χ3n) is 0.938. The van der Waals surface area contributed by atoms with E-state index in [0.717, 1.165) is 5.69 Å². The maximum absolute atomic E-state index is 8.68. The normalized spacial score (nSPS) is 13.7. The summed E-state index contributed by atoms with van der Waals surface area (Å²) in [7, 11) is 0. The van der Waals surface area contributed by atoms with Gasteiger partial charge in [0.25, 0.3) is 0 Å². The largest absolute Gasteiger partial charge is 0.371 e. The number of nitrogens with two attached hydrogens (primary N) is 1. The van der Waals surface area contributed by atoms with Gasteiger partial charge < -0.3 is 9.63 Å². The van der Waals surface area contributed by atoms with E-state index in [4.69, 9.17) is 10.8 Å². The van der Waals surface area contributed by atoms with Gasteiger partial charge in [-0.25, -0.2) is 0 Å². The highest BCUT2D eigenvalue weighted by molar-refractivity contribution is 5.04. The number of hydrogen-bond acceptors (Lipinski definition) is 4. The predicted molar refractivity (Wildman–Crippen MR) is 30.4 cm³/mol. The standard InChI is InChI=1S/C5H8N2O2/c1-3-2-4(5(6)8)9-7-3/h2,5,8H,6H2,1H3/t5-/m1/s1. The van der Waals surface area contributed by atoms with Gasteiger partial charge in [-0.05, 0) is 6.92 Å². The lowest BCUT2D eigenvalue weighted by Crippen LogP contribution is -2.06. The highest BCUT2D eigenvalue weighted by Gasteiger charge is 2.05. The third kappa shape index (κ3) is 1.28. The first-order chi connectivity index (χ1) is 4.20. The van der Waals surface area contributed by atoms with Crippen LogP contribution in [-0.4, -0.2) is 10.3 Å². The Morgan fingerprint density at radius 3 is 2.78 bits per heavy atom. The van der Waals surface area contributed by atoms with Crippen LogP contribution in [0.2, 0.25) is 0 Å². The lowest BCUT2D eigenvalue weighted by molar-refractivity contribution is 0.146. The van der Waals surface area contributed by atoms with Crippen LogP contribution in [-0.2, 0) is 0 Å². The number of nitrogens with zero attached hydrogens (tertiary/aromatic N) is 1. The van der Waals surface area contributed by atoms with Crippen LogP contribution < -0.4 is 5.73 Å². The number of aromatic nitrogens is 1. The molecule has 0 aliphatic heterocycles. The fourth-order valence-corrected chi connectivity index (χ4v) is 0.523. The zero-order chi connectivity index (χ0) is 6.85. The van der Waals surface area contributed by atoms with Crippen molar-refractivity contribution in [2.75, 3.05) is 0 Å². The molecule has 0 radical (unpaired) electrons. The van der Waals surface area contributed by atoms with E-state index >= 15 is 0 Å².